The number of carbonyl (C=O) groups excluding carboxylic acids is 1. The van der Waals surface area contributed by atoms with Crippen LogP contribution in [-0.4, -0.2) is 53.7 Å². The number of likely N-dealkylation sites (tertiary alicyclic amines) is 1. The molecular formula is C17H22ClN3O4. The average Bonchev–Trinajstić information content (AvgIpc) is 3.21. The summed E-state index contributed by atoms with van der Waals surface area (Å²) in [4.78, 5) is 25.6. The van der Waals surface area contributed by atoms with Crippen LogP contribution in [0.4, 0.5) is 0 Å². The monoisotopic (exact) mass is 367 g/mol. The number of hydrogen-bond donors (Lipinski definition) is 3. The van der Waals surface area contributed by atoms with Gasteiger partial charge in [0.1, 0.15) is 6.04 Å². The third-order valence-electron chi connectivity index (χ3n) is 4.88. The smallest absolute Gasteiger partial charge is 0.305 e. The van der Waals surface area contributed by atoms with Crippen molar-refractivity contribution in [2.45, 2.75) is 43.5 Å². The summed E-state index contributed by atoms with van der Waals surface area (Å²) in [6, 6.07) is 6.78. The Labute approximate surface area is 151 Å². The minimum Gasteiger partial charge on any atom is -0.481 e. The minimum absolute atomic E-state index is 0.00460. The fraction of sp³-hybridized carbons (Fsp3) is 0.529. The maximum absolute atomic E-state index is 12.9. The molecule has 2 aliphatic rings. The number of benzene rings is 1. The molecule has 8 heteroatoms. The van der Waals surface area contributed by atoms with Crippen LogP contribution in [0.15, 0.2) is 24.3 Å². The molecular weight excluding hydrogens is 346 g/mol. The van der Waals surface area contributed by atoms with E-state index in [4.69, 9.17) is 21.4 Å². The summed E-state index contributed by atoms with van der Waals surface area (Å²) in [5.41, 5.74) is 7.23. The van der Waals surface area contributed by atoms with Gasteiger partial charge in [0.25, 0.3) is 0 Å². The van der Waals surface area contributed by atoms with Crippen LogP contribution < -0.4 is 10.9 Å². The zero-order valence-corrected chi connectivity index (χ0v) is 14.7. The summed E-state index contributed by atoms with van der Waals surface area (Å²) in [7, 11) is 1.59. The molecule has 4 atom stereocenters. The van der Waals surface area contributed by atoms with Gasteiger partial charge in [-0.05, 0) is 30.5 Å². The number of ether oxygens (including phenoxy) is 1. The molecule has 1 aromatic rings. The number of halogens is 1. The van der Waals surface area contributed by atoms with E-state index in [0.29, 0.717) is 24.4 Å². The first-order valence-corrected chi connectivity index (χ1v) is 8.67. The lowest BCUT2D eigenvalue weighted by Crippen LogP contribution is -2.48. The third-order valence-corrected chi connectivity index (χ3v) is 5.13. The number of carbonyl (C=O) groups is 2. The number of rotatable bonds is 5. The van der Waals surface area contributed by atoms with E-state index in [1.165, 1.54) is 0 Å². The second-order valence-corrected chi connectivity index (χ2v) is 6.95. The van der Waals surface area contributed by atoms with Crippen molar-refractivity contribution in [2.75, 3.05) is 13.7 Å². The summed E-state index contributed by atoms with van der Waals surface area (Å²) in [5.74, 6) is -0.995. The van der Waals surface area contributed by atoms with Crippen LogP contribution in [0.3, 0.4) is 0 Å². The second-order valence-electron chi connectivity index (χ2n) is 6.52. The standard InChI is InChI=1S/C17H22ClN3O4/c1-25-13-6-12(7-16(22)23)21(9-13)17(24)15-8-14(19-20-15)10-2-4-11(18)5-3-10/h2-5,12-15,19-20H,6-9H2,1H3,(H,22,23). The Morgan fingerprint density at radius 1 is 1.28 bits per heavy atom. The number of amides is 1. The second kappa shape index (κ2) is 7.70. The number of hydrogen-bond acceptors (Lipinski definition) is 5. The number of carboxylic acid groups (broad SMARTS) is 1. The first-order chi connectivity index (χ1) is 12.0. The van der Waals surface area contributed by atoms with E-state index < -0.39 is 12.0 Å². The van der Waals surface area contributed by atoms with E-state index in [9.17, 15) is 9.59 Å². The van der Waals surface area contributed by atoms with Crippen LogP contribution in [-0.2, 0) is 14.3 Å². The van der Waals surface area contributed by atoms with Gasteiger partial charge < -0.3 is 14.7 Å². The molecule has 0 saturated carbocycles. The molecule has 0 aliphatic carbocycles. The molecule has 136 valence electrons. The van der Waals surface area contributed by atoms with Gasteiger partial charge in [-0.3, -0.25) is 9.59 Å². The van der Waals surface area contributed by atoms with Gasteiger partial charge in [0, 0.05) is 30.8 Å². The molecule has 0 radical (unpaired) electrons. The predicted molar refractivity (Wildman–Crippen MR) is 92.0 cm³/mol. The fourth-order valence-corrected chi connectivity index (χ4v) is 3.67. The van der Waals surface area contributed by atoms with Gasteiger partial charge in [-0.1, -0.05) is 23.7 Å². The van der Waals surface area contributed by atoms with Gasteiger partial charge in [-0.25, -0.2) is 10.9 Å². The van der Waals surface area contributed by atoms with E-state index in [2.05, 4.69) is 10.9 Å². The van der Waals surface area contributed by atoms with E-state index in [1.807, 2.05) is 24.3 Å². The lowest BCUT2D eigenvalue weighted by atomic mass is 10.0. The summed E-state index contributed by atoms with van der Waals surface area (Å²) < 4.78 is 5.33. The molecule has 1 aromatic carbocycles. The molecule has 7 nitrogen and oxygen atoms in total. The Kier molecular flexibility index (Phi) is 5.58. The molecule has 25 heavy (non-hydrogen) atoms. The lowest BCUT2D eigenvalue weighted by molar-refractivity contribution is -0.140. The lowest BCUT2D eigenvalue weighted by Gasteiger charge is -2.26. The third kappa shape index (κ3) is 4.12. The van der Waals surface area contributed by atoms with Crippen LogP contribution in [0.2, 0.25) is 5.02 Å². The quantitative estimate of drug-likeness (QED) is 0.727. The summed E-state index contributed by atoms with van der Waals surface area (Å²) in [6.45, 7) is 0.428. The summed E-state index contributed by atoms with van der Waals surface area (Å²) in [5, 5.41) is 9.76. The van der Waals surface area contributed by atoms with Crippen molar-refractivity contribution in [3.63, 3.8) is 0 Å². The van der Waals surface area contributed by atoms with Gasteiger partial charge in [0.15, 0.2) is 0 Å². The van der Waals surface area contributed by atoms with Crippen LogP contribution in [0, 0.1) is 0 Å². The Bertz CT molecular complexity index is 639. The maximum atomic E-state index is 12.9. The molecule has 2 fully saturated rings. The van der Waals surface area contributed by atoms with Crippen molar-refractivity contribution in [3.8, 4) is 0 Å². The highest BCUT2D eigenvalue weighted by Gasteiger charge is 2.41. The molecule has 0 aromatic heterocycles. The number of methoxy groups -OCH3 is 1. The number of nitrogens with one attached hydrogen (secondary N) is 2. The van der Waals surface area contributed by atoms with Crippen molar-refractivity contribution in [3.05, 3.63) is 34.9 Å². The predicted octanol–water partition coefficient (Wildman–Crippen LogP) is 1.34. The maximum Gasteiger partial charge on any atom is 0.305 e. The molecule has 2 aliphatic heterocycles. The van der Waals surface area contributed by atoms with Crippen molar-refractivity contribution >= 4 is 23.5 Å². The van der Waals surface area contributed by atoms with Crippen LogP contribution in [0.25, 0.3) is 0 Å². The first kappa shape index (κ1) is 18.1. The summed E-state index contributed by atoms with van der Waals surface area (Å²) in [6.07, 6.45) is 0.963. The Morgan fingerprint density at radius 3 is 2.64 bits per heavy atom. The zero-order valence-electron chi connectivity index (χ0n) is 13.9. The van der Waals surface area contributed by atoms with Crippen LogP contribution in [0.5, 0.6) is 0 Å². The van der Waals surface area contributed by atoms with E-state index in [0.717, 1.165) is 5.56 Å². The Morgan fingerprint density at radius 2 is 2.00 bits per heavy atom. The van der Waals surface area contributed by atoms with Gasteiger partial charge >= 0.3 is 5.97 Å². The molecule has 2 saturated heterocycles. The number of hydrazine groups is 1. The molecule has 0 spiro atoms. The SMILES string of the molecule is COC1CC(CC(=O)O)N(C(=O)C2CC(c3ccc(Cl)cc3)NN2)C1. The highest BCUT2D eigenvalue weighted by atomic mass is 35.5. The zero-order chi connectivity index (χ0) is 18.0. The molecule has 1 amide bonds. The van der Waals surface area contributed by atoms with Gasteiger partial charge in [0.2, 0.25) is 5.91 Å². The van der Waals surface area contributed by atoms with Crippen LogP contribution in [0.1, 0.15) is 30.9 Å². The largest absolute Gasteiger partial charge is 0.481 e. The van der Waals surface area contributed by atoms with Crippen molar-refractivity contribution < 1.29 is 19.4 Å². The first-order valence-electron chi connectivity index (χ1n) is 8.29. The van der Waals surface area contributed by atoms with Crippen molar-refractivity contribution in [2.24, 2.45) is 0 Å². The molecule has 3 rings (SSSR count). The van der Waals surface area contributed by atoms with Crippen molar-refractivity contribution in [1.29, 1.82) is 0 Å². The number of aliphatic carboxylic acids is 1. The molecule has 0 bridgehead atoms. The van der Waals surface area contributed by atoms with Gasteiger partial charge in [-0.2, -0.15) is 0 Å². The Balaban J connectivity index is 1.66. The highest BCUT2D eigenvalue weighted by Crippen LogP contribution is 2.28. The minimum atomic E-state index is -0.906. The van der Waals surface area contributed by atoms with Crippen LogP contribution >= 0.6 is 11.6 Å². The number of nitrogens with zero attached hydrogens (tertiary/aromatic N) is 1. The molecule has 3 N–H and O–H groups in total. The van der Waals surface area contributed by atoms with Crippen molar-refractivity contribution in [1.82, 2.24) is 15.8 Å². The summed E-state index contributed by atoms with van der Waals surface area (Å²) >= 11 is 5.91. The molecule has 4 unspecified atom stereocenters. The Hall–Kier alpha value is -1.67. The highest BCUT2D eigenvalue weighted by molar-refractivity contribution is 6.30. The normalized spacial score (nSPS) is 29.1. The van der Waals surface area contributed by atoms with Gasteiger partial charge in [-0.15, -0.1) is 0 Å². The molecule has 2 heterocycles. The van der Waals surface area contributed by atoms with E-state index in [-0.39, 0.29) is 30.5 Å². The fourth-order valence-electron chi connectivity index (χ4n) is 3.54. The number of carboxylic acids is 1. The van der Waals surface area contributed by atoms with E-state index in [1.54, 1.807) is 12.0 Å². The van der Waals surface area contributed by atoms with E-state index >= 15 is 0 Å². The topological polar surface area (TPSA) is 90.9 Å². The van der Waals surface area contributed by atoms with Gasteiger partial charge in [0.05, 0.1) is 12.5 Å². The average molecular weight is 368 g/mol.